The molecule has 2 heterocycles. The van der Waals surface area contributed by atoms with Crippen molar-refractivity contribution in [2.75, 3.05) is 26.2 Å². The zero-order valence-electron chi connectivity index (χ0n) is 17.9. The second-order valence-corrected chi connectivity index (χ2v) is 9.72. The molecule has 0 bridgehead atoms. The number of benzene rings is 1. The fraction of sp³-hybridized carbons (Fsp3) is 0.654. The second kappa shape index (κ2) is 8.73. The number of carbonyl (C=O) groups excluding carboxylic acids is 1. The van der Waals surface area contributed by atoms with E-state index in [-0.39, 0.29) is 24.5 Å². The zero-order chi connectivity index (χ0) is 20.5. The molecule has 5 rings (SSSR count). The van der Waals surface area contributed by atoms with Crippen molar-refractivity contribution >= 4 is 5.91 Å². The molecule has 1 aromatic carbocycles. The number of hydrogen-bond acceptors (Lipinski definition) is 3. The summed E-state index contributed by atoms with van der Waals surface area (Å²) in [5, 5.41) is 10.1. The Morgan fingerprint density at radius 2 is 1.73 bits per heavy atom. The maximum atomic E-state index is 13.2. The summed E-state index contributed by atoms with van der Waals surface area (Å²) in [7, 11) is 0. The average molecular weight is 407 g/mol. The summed E-state index contributed by atoms with van der Waals surface area (Å²) < 4.78 is 0. The fourth-order valence-electron chi connectivity index (χ4n) is 5.77. The monoisotopic (exact) mass is 406 g/mol. The van der Waals surface area contributed by atoms with E-state index in [4.69, 9.17) is 0 Å². The summed E-state index contributed by atoms with van der Waals surface area (Å²) in [6.07, 6.45) is 9.20. The van der Waals surface area contributed by atoms with Gasteiger partial charge in [0.15, 0.2) is 0 Å². The molecular formula is C26H34N2O2. The largest absolute Gasteiger partial charge is 0.395 e. The van der Waals surface area contributed by atoms with Crippen LogP contribution in [0.4, 0.5) is 0 Å². The van der Waals surface area contributed by atoms with Gasteiger partial charge < -0.3 is 10.0 Å². The molecule has 0 unspecified atom stereocenters. The van der Waals surface area contributed by atoms with Crippen LogP contribution in [0.5, 0.6) is 0 Å². The second-order valence-electron chi connectivity index (χ2n) is 9.72. The third-order valence-electron chi connectivity index (χ3n) is 7.68. The van der Waals surface area contributed by atoms with Crippen LogP contribution in [0, 0.1) is 23.7 Å². The number of aliphatic hydroxyl groups excluding tert-OH is 1. The van der Waals surface area contributed by atoms with Crippen LogP contribution in [-0.2, 0) is 4.79 Å². The van der Waals surface area contributed by atoms with Crippen molar-refractivity contribution in [3.05, 3.63) is 35.4 Å². The Balaban J connectivity index is 1.33. The van der Waals surface area contributed by atoms with Crippen LogP contribution in [0.25, 0.3) is 0 Å². The average Bonchev–Trinajstić information content (AvgIpc) is 3.42. The fourth-order valence-corrected chi connectivity index (χ4v) is 5.77. The van der Waals surface area contributed by atoms with Crippen molar-refractivity contribution in [3.63, 3.8) is 0 Å². The predicted octanol–water partition coefficient (Wildman–Crippen LogP) is 3.39. The highest BCUT2D eigenvalue weighted by molar-refractivity contribution is 5.79. The zero-order valence-corrected chi connectivity index (χ0v) is 17.9. The summed E-state index contributed by atoms with van der Waals surface area (Å²) in [6.45, 7) is 2.91. The first kappa shape index (κ1) is 20.1. The van der Waals surface area contributed by atoms with Crippen LogP contribution in [0.3, 0.4) is 0 Å². The van der Waals surface area contributed by atoms with Crippen molar-refractivity contribution in [2.45, 2.75) is 69.4 Å². The highest BCUT2D eigenvalue weighted by atomic mass is 16.3. The molecule has 2 saturated carbocycles. The number of carbonyl (C=O) groups is 1. The molecule has 1 amide bonds. The van der Waals surface area contributed by atoms with Gasteiger partial charge in [0.05, 0.1) is 6.61 Å². The number of rotatable bonds is 3. The van der Waals surface area contributed by atoms with Crippen molar-refractivity contribution in [2.24, 2.45) is 11.8 Å². The minimum Gasteiger partial charge on any atom is -0.395 e. The molecule has 4 aliphatic rings. The van der Waals surface area contributed by atoms with E-state index in [1.807, 2.05) is 0 Å². The normalized spacial score (nSPS) is 29.9. The first-order chi connectivity index (χ1) is 14.7. The molecule has 2 aliphatic heterocycles. The van der Waals surface area contributed by atoms with Crippen LogP contribution < -0.4 is 0 Å². The molecule has 160 valence electrons. The van der Waals surface area contributed by atoms with Gasteiger partial charge >= 0.3 is 0 Å². The number of amides is 1. The highest BCUT2D eigenvalue weighted by Gasteiger charge is 2.49. The van der Waals surface area contributed by atoms with E-state index in [1.54, 1.807) is 0 Å². The molecule has 1 aromatic rings. The van der Waals surface area contributed by atoms with Gasteiger partial charge in [-0.05, 0) is 62.8 Å². The Kier molecular flexibility index (Phi) is 5.85. The Hall–Kier alpha value is -1.83. The molecule has 0 spiro atoms. The number of aliphatic hydroxyl groups is 1. The van der Waals surface area contributed by atoms with E-state index in [0.29, 0.717) is 17.9 Å². The summed E-state index contributed by atoms with van der Waals surface area (Å²) in [4.78, 5) is 17.8. The van der Waals surface area contributed by atoms with Crippen LogP contribution in [0.2, 0.25) is 0 Å². The maximum absolute atomic E-state index is 13.2. The summed E-state index contributed by atoms with van der Waals surface area (Å²) in [5.41, 5.74) is 2.36. The molecule has 0 aromatic heterocycles. The van der Waals surface area contributed by atoms with Gasteiger partial charge in [0.25, 0.3) is 0 Å². The smallest absolute Gasteiger partial charge is 0.225 e. The van der Waals surface area contributed by atoms with E-state index in [2.05, 4.69) is 45.9 Å². The third-order valence-corrected chi connectivity index (χ3v) is 7.68. The lowest BCUT2D eigenvalue weighted by Gasteiger charge is -2.57. The van der Waals surface area contributed by atoms with E-state index >= 15 is 0 Å². The first-order valence-corrected chi connectivity index (χ1v) is 12.0. The van der Waals surface area contributed by atoms with Gasteiger partial charge in [-0.15, -0.1) is 0 Å². The van der Waals surface area contributed by atoms with Gasteiger partial charge in [0.1, 0.15) is 0 Å². The van der Waals surface area contributed by atoms with Crippen molar-refractivity contribution in [3.8, 4) is 11.8 Å². The van der Waals surface area contributed by atoms with Gasteiger partial charge in [-0.2, -0.15) is 0 Å². The minimum atomic E-state index is 0.167. The van der Waals surface area contributed by atoms with E-state index in [0.717, 1.165) is 50.9 Å². The molecule has 30 heavy (non-hydrogen) atoms. The standard InChI is InChI=1S/C26H34N2O2/c29-18-24-25(21-13-11-20(12-14-21)10-9-19-7-8-19)23-17-27(15-3-4-16-28(23)24)26(30)22-5-1-2-6-22/h11-14,19,22-25,29H,1-8,15-18H2/t23-,24+,25+/m1/s1. The summed E-state index contributed by atoms with van der Waals surface area (Å²) >= 11 is 0. The quantitative estimate of drug-likeness (QED) is 0.783. The van der Waals surface area contributed by atoms with Crippen LogP contribution in [-0.4, -0.2) is 59.1 Å². The van der Waals surface area contributed by atoms with Crippen LogP contribution in [0.1, 0.15) is 68.4 Å². The Bertz CT molecular complexity index is 814. The van der Waals surface area contributed by atoms with Crippen molar-refractivity contribution in [1.82, 2.24) is 9.80 Å². The lowest BCUT2D eigenvalue weighted by molar-refractivity contribution is -0.140. The molecule has 4 heteroatoms. The van der Waals surface area contributed by atoms with E-state index in [9.17, 15) is 9.90 Å². The summed E-state index contributed by atoms with van der Waals surface area (Å²) in [5.74, 6) is 8.16. The van der Waals surface area contributed by atoms with Crippen molar-refractivity contribution in [1.29, 1.82) is 0 Å². The maximum Gasteiger partial charge on any atom is 0.225 e. The topological polar surface area (TPSA) is 43.8 Å². The van der Waals surface area contributed by atoms with Crippen molar-refractivity contribution < 1.29 is 9.90 Å². The van der Waals surface area contributed by atoms with Gasteiger partial charge in [-0.3, -0.25) is 9.69 Å². The molecule has 0 radical (unpaired) electrons. The molecule has 4 fully saturated rings. The summed E-state index contributed by atoms with van der Waals surface area (Å²) in [6, 6.07) is 9.14. The molecule has 2 aliphatic carbocycles. The third kappa shape index (κ3) is 4.03. The number of fused-ring (bicyclic) bond motifs is 1. The van der Waals surface area contributed by atoms with Gasteiger partial charge in [0.2, 0.25) is 5.91 Å². The van der Waals surface area contributed by atoms with Gasteiger partial charge in [-0.25, -0.2) is 0 Å². The predicted molar refractivity (Wildman–Crippen MR) is 118 cm³/mol. The lowest BCUT2D eigenvalue weighted by Crippen LogP contribution is -2.68. The van der Waals surface area contributed by atoms with Crippen LogP contribution in [0.15, 0.2) is 24.3 Å². The van der Waals surface area contributed by atoms with Gasteiger partial charge in [0, 0.05) is 48.5 Å². The molecule has 1 N–H and O–H groups in total. The number of hydrogen-bond donors (Lipinski definition) is 1. The van der Waals surface area contributed by atoms with Crippen LogP contribution >= 0.6 is 0 Å². The molecule has 3 atom stereocenters. The van der Waals surface area contributed by atoms with Gasteiger partial charge in [-0.1, -0.05) is 36.8 Å². The molecular weight excluding hydrogens is 372 g/mol. The molecule has 4 nitrogen and oxygen atoms in total. The lowest BCUT2D eigenvalue weighted by atomic mass is 9.74. The first-order valence-electron chi connectivity index (χ1n) is 12.0. The van der Waals surface area contributed by atoms with E-state index < -0.39 is 0 Å². The Morgan fingerprint density at radius 3 is 2.43 bits per heavy atom. The molecule has 2 saturated heterocycles. The SMILES string of the molecule is O=C(C1CCCC1)N1CCCCN2[C@H](C1)[C@H](c1ccc(C#CC3CC3)cc1)[C@@H]2CO. The number of nitrogens with zero attached hydrogens (tertiary/aromatic N) is 2. The Morgan fingerprint density at radius 1 is 1.00 bits per heavy atom. The highest BCUT2D eigenvalue weighted by Crippen LogP contribution is 2.42. The van der Waals surface area contributed by atoms with E-state index in [1.165, 1.54) is 31.2 Å². The minimum absolute atomic E-state index is 0.167. The Labute approximate surface area is 180 Å².